The maximum Gasteiger partial charge on any atom is 0.122 e. The molecule has 0 aliphatic carbocycles. The van der Waals surface area contributed by atoms with Crippen molar-refractivity contribution in [2.24, 2.45) is 0 Å². The van der Waals surface area contributed by atoms with E-state index in [0.717, 1.165) is 18.7 Å². The molecule has 0 unspecified atom stereocenters. The molecule has 1 N–H and O–H groups in total. The van der Waals surface area contributed by atoms with Gasteiger partial charge in [0, 0.05) is 19.2 Å². The lowest BCUT2D eigenvalue weighted by Crippen LogP contribution is -2.39. The van der Waals surface area contributed by atoms with Crippen molar-refractivity contribution in [3.8, 4) is 5.75 Å². The normalized spacial score (nSPS) is 20.6. The molecule has 0 amide bonds. The van der Waals surface area contributed by atoms with E-state index in [4.69, 9.17) is 9.47 Å². The zero-order valence-corrected chi connectivity index (χ0v) is 13.1. The summed E-state index contributed by atoms with van der Waals surface area (Å²) in [6.07, 6.45) is 2.95. The third-order valence-electron chi connectivity index (χ3n) is 4.11. The molecule has 21 heavy (non-hydrogen) atoms. The zero-order valence-electron chi connectivity index (χ0n) is 13.1. The molecule has 1 fully saturated rings. The Balaban J connectivity index is 1.92. The second-order valence-electron chi connectivity index (χ2n) is 5.62. The molecule has 4 nitrogen and oxygen atoms in total. The van der Waals surface area contributed by atoms with Gasteiger partial charge in [0.2, 0.25) is 0 Å². The highest BCUT2D eigenvalue weighted by atomic mass is 16.5. The van der Waals surface area contributed by atoms with Crippen molar-refractivity contribution < 1.29 is 14.6 Å². The summed E-state index contributed by atoms with van der Waals surface area (Å²) in [5.74, 6) is 0.958. The van der Waals surface area contributed by atoms with Crippen LogP contribution in [0.2, 0.25) is 0 Å². The molecular formula is C17H27NO3. The first-order chi connectivity index (χ1) is 10.2. The van der Waals surface area contributed by atoms with Crippen LogP contribution in [0.5, 0.6) is 5.75 Å². The lowest BCUT2D eigenvalue weighted by Gasteiger charge is -2.27. The van der Waals surface area contributed by atoms with Crippen molar-refractivity contribution in [1.82, 2.24) is 4.90 Å². The Bertz CT molecular complexity index is 424. The predicted octanol–water partition coefficient (Wildman–Crippen LogP) is 2.10. The van der Waals surface area contributed by atoms with E-state index in [2.05, 4.69) is 17.0 Å². The Morgan fingerprint density at radius 1 is 1.38 bits per heavy atom. The molecule has 2 atom stereocenters. The first-order valence-corrected chi connectivity index (χ1v) is 7.86. The second-order valence-corrected chi connectivity index (χ2v) is 5.62. The largest absolute Gasteiger partial charge is 0.496 e. The van der Waals surface area contributed by atoms with Gasteiger partial charge in [-0.15, -0.1) is 0 Å². The number of β-amino-alcohol motifs (C(OH)–C–C–N with tert-alkyl or cyclic N) is 1. The van der Waals surface area contributed by atoms with Crippen LogP contribution in [0.4, 0.5) is 0 Å². The summed E-state index contributed by atoms with van der Waals surface area (Å²) in [6.45, 7) is 4.78. The van der Waals surface area contributed by atoms with Crippen molar-refractivity contribution >= 4 is 0 Å². The van der Waals surface area contributed by atoms with Crippen molar-refractivity contribution in [2.75, 3.05) is 33.4 Å². The van der Waals surface area contributed by atoms with Crippen LogP contribution in [0.25, 0.3) is 0 Å². The Labute approximate surface area is 127 Å². The van der Waals surface area contributed by atoms with E-state index in [-0.39, 0.29) is 0 Å². The van der Waals surface area contributed by atoms with E-state index in [1.807, 2.05) is 19.1 Å². The van der Waals surface area contributed by atoms with Crippen LogP contribution in [0.15, 0.2) is 24.3 Å². The van der Waals surface area contributed by atoms with Crippen molar-refractivity contribution in [3.05, 3.63) is 29.8 Å². The van der Waals surface area contributed by atoms with Crippen LogP contribution in [-0.2, 0) is 11.2 Å². The summed E-state index contributed by atoms with van der Waals surface area (Å²) in [4.78, 5) is 2.39. The molecule has 0 radical (unpaired) electrons. The third-order valence-corrected chi connectivity index (χ3v) is 4.11. The summed E-state index contributed by atoms with van der Waals surface area (Å²) in [5, 5.41) is 10.0. The van der Waals surface area contributed by atoms with Gasteiger partial charge in [-0.1, -0.05) is 18.2 Å². The fourth-order valence-corrected chi connectivity index (χ4v) is 3.07. The van der Waals surface area contributed by atoms with Gasteiger partial charge in [0.25, 0.3) is 0 Å². The SMILES string of the molecule is CCOC[C@H](O)CN1CCC[C@@H]1Cc1ccccc1OC. The van der Waals surface area contributed by atoms with Gasteiger partial charge < -0.3 is 14.6 Å². The van der Waals surface area contributed by atoms with Gasteiger partial charge in [0.05, 0.1) is 19.8 Å². The van der Waals surface area contributed by atoms with E-state index >= 15 is 0 Å². The summed E-state index contributed by atoms with van der Waals surface area (Å²) >= 11 is 0. The minimum absolute atomic E-state index is 0.400. The van der Waals surface area contributed by atoms with E-state index in [1.165, 1.54) is 18.4 Å². The van der Waals surface area contributed by atoms with Crippen LogP contribution in [-0.4, -0.2) is 55.6 Å². The molecule has 118 valence electrons. The van der Waals surface area contributed by atoms with E-state index in [0.29, 0.717) is 25.8 Å². The van der Waals surface area contributed by atoms with Crippen molar-refractivity contribution in [2.45, 2.75) is 38.3 Å². The van der Waals surface area contributed by atoms with Gasteiger partial charge in [0.15, 0.2) is 0 Å². The van der Waals surface area contributed by atoms with E-state index < -0.39 is 6.10 Å². The standard InChI is InChI=1S/C17H27NO3/c1-3-21-13-16(19)12-18-10-6-8-15(18)11-14-7-4-5-9-17(14)20-2/h4-5,7,9,15-16,19H,3,6,8,10-13H2,1-2H3/t15-,16-/m1/s1. The Hall–Kier alpha value is -1.10. The zero-order chi connectivity index (χ0) is 15.1. The lowest BCUT2D eigenvalue weighted by atomic mass is 10.0. The van der Waals surface area contributed by atoms with Crippen LogP contribution < -0.4 is 4.74 Å². The molecule has 1 aliphatic heterocycles. The summed E-state index contributed by atoms with van der Waals surface area (Å²) < 4.78 is 10.7. The Kier molecular flexibility index (Phi) is 6.49. The molecule has 1 aromatic rings. The Morgan fingerprint density at radius 3 is 2.95 bits per heavy atom. The highest BCUT2D eigenvalue weighted by molar-refractivity contribution is 5.34. The number of aliphatic hydroxyl groups excluding tert-OH is 1. The Morgan fingerprint density at radius 2 is 2.19 bits per heavy atom. The fourth-order valence-electron chi connectivity index (χ4n) is 3.07. The summed E-state index contributed by atoms with van der Waals surface area (Å²) in [7, 11) is 1.72. The molecule has 2 rings (SSSR count). The lowest BCUT2D eigenvalue weighted by molar-refractivity contribution is 0.0188. The first-order valence-electron chi connectivity index (χ1n) is 7.86. The van der Waals surface area contributed by atoms with Gasteiger partial charge in [-0.3, -0.25) is 4.90 Å². The van der Waals surface area contributed by atoms with Crippen LogP contribution in [0.3, 0.4) is 0 Å². The fraction of sp³-hybridized carbons (Fsp3) is 0.647. The van der Waals surface area contributed by atoms with Gasteiger partial charge >= 0.3 is 0 Å². The molecule has 1 saturated heterocycles. The quantitative estimate of drug-likeness (QED) is 0.797. The van der Waals surface area contributed by atoms with E-state index in [9.17, 15) is 5.11 Å². The molecule has 1 aliphatic rings. The maximum absolute atomic E-state index is 10.0. The number of para-hydroxylation sites is 1. The number of benzene rings is 1. The topological polar surface area (TPSA) is 41.9 Å². The number of rotatable bonds is 8. The number of ether oxygens (including phenoxy) is 2. The van der Waals surface area contributed by atoms with E-state index in [1.54, 1.807) is 7.11 Å². The van der Waals surface area contributed by atoms with Gasteiger partial charge in [-0.05, 0) is 44.4 Å². The number of likely N-dealkylation sites (tertiary alicyclic amines) is 1. The smallest absolute Gasteiger partial charge is 0.122 e. The highest BCUT2D eigenvalue weighted by Gasteiger charge is 2.27. The maximum atomic E-state index is 10.0. The molecule has 1 heterocycles. The van der Waals surface area contributed by atoms with Gasteiger partial charge in [-0.25, -0.2) is 0 Å². The molecule has 1 aromatic carbocycles. The highest BCUT2D eigenvalue weighted by Crippen LogP contribution is 2.26. The minimum atomic E-state index is -0.400. The summed E-state index contributed by atoms with van der Waals surface area (Å²) in [6, 6.07) is 8.68. The molecule has 4 heteroatoms. The van der Waals surface area contributed by atoms with Crippen LogP contribution >= 0.6 is 0 Å². The molecule has 0 saturated carbocycles. The molecule has 0 aromatic heterocycles. The van der Waals surface area contributed by atoms with Gasteiger partial charge in [0.1, 0.15) is 5.75 Å². The van der Waals surface area contributed by atoms with Crippen LogP contribution in [0.1, 0.15) is 25.3 Å². The number of nitrogens with zero attached hydrogens (tertiary/aromatic N) is 1. The number of aliphatic hydroxyl groups is 1. The van der Waals surface area contributed by atoms with Crippen LogP contribution in [0, 0.1) is 0 Å². The average Bonchev–Trinajstić information content (AvgIpc) is 2.92. The number of methoxy groups -OCH3 is 1. The molecule has 0 spiro atoms. The third kappa shape index (κ3) is 4.70. The van der Waals surface area contributed by atoms with Crippen molar-refractivity contribution in [1.29, 1.82) is 0 Å². The minimum Gasteiger partial charge on any atom is -0.496 e. The monoisotopic (exact) mass is 293 g/mol. The number of hydrogen-bond acceptors (Lipinski definition) is 4. The average molecular weight is 293 g/mol. The first kappa shape index (κ1) is 16.3. The molecule has 0 bridgehead atoms. The van der Waals surface area contributed by atoms with Crippen molar-refractivity contribution in [3.63, 3.8) is 0 Å². The number of hydrogen-bond donors (Lipinski definition) is 1. The van der Waals surface area contributed by atoms with Gasteiger partial charge in [-0.2, -0.15) is 0 Å². The molecular weight excluding hydrogens is 266 g/mol. The predicted molar refractivity (Wildman–Crippen MR) is 83.8 cm³/mol. The second kappa shape index (κ2) is 8.37. The summed E-state index contributed by atoms with van der Waals surface area (Å²) in [5.41, 5.74) is 1.25.